The lowest BCUT2D eigenvalue weighted by Gasteiger charge is -2.00. The zero-order valence-corrected chi connectivity index (χ0v) is 13.5. The number of hydrogen-bond acceptors (Lipinski definition) is 2. The number of carbonyl (C=O) groups excluding carboxylic acids is 1. The van der Waals surface area contributed by atoms with Crippen molar-refractivity contribution in [2.75, 3.05) is 0 Å². The Kier molecular flexibility index (Phi) is 4.08. The SMILES string of the molecule is Cc1cc(C(=O)c2ccc(Cl)c(Br)c2)sc1Br. The zero-order chi connectivity index (χ0) is 12.6. The van der Waals surface area contributed by atoms with Gasteiger partial charge < -0.3 is 0 Å². The van der Waals surface area contributed by atoms with Gasteiger partial charge in [0.2, 0.25) is 5.78 Å². The summed E-state index contributed by atoms with van der Waals surface area (Å²) in [6, 6.07) is 7.08. The molecule has 2 aromatic rings. The van der Waals surface area contributed by atoms with Gasteiger partial charge in [-0.15, -0.1) is 11.3 Å². The second-order valence-corrected chi connectivity index (χ2v) is 7.16. The van der Waals surface area contributed by atoms with Crippen molar-refractivity contribution in [3.8, 4) is 0 Å². The average molecular weight is 395 g/mol. The molecule has 0 spiro atoms. The number of ketones is 1. The van der Waals surface area contributed by atoms with Crippen molar-refractivity contribution in [1.82, 2.24) is 0 Å². The second-order valence-electron chi connectivity index (χ2n) is 3.53. The van der Waals surface area contributed by atoms with Crippen LogP contribution < -0.4 is 0 Å². The van der Waals surface area contributed by atoms with Crippen LogP contribution in [0.4, 0.5) is 0 Å². The van der Waals surface area contributed by atoms with E-state index in [4.69, 9.17) is 11.6 Å². The minimum atomic E-state index is 0.0150. The highest BCUT2D eigenvalue weighted by Crippen LogP contribution is 2.30. The lowest BCUT2D eigenvalue weighted by molar-refractivity contribution is 0.104. The van der Waals surface area contributed by atoms with Gasteiger partial charge in [-0.1, -0.05) is 11.6 Å². The summed E-state index contributed by atoms with van der Waals surface area (Å²) >= 11 is 14.1. The van der Waals surface area contributed by atoms with Crippen molar-refractivity contribution in [3.63, 3.8) is 0 Å². The minimum Gasteiger partial charge on any atom is -0.288 e. The highest BCUT2D eigenvalue weighted by Gasteiger charge is 2.14. The molecule has 1 aromatic heterocycles. The fourth-order valence-electron chi connectivity index (χ4n) is 1.35. The van der Waals surface area contributed by atoms with Crippen molar-refractivity contribution in [2.45, 2.75) is 6.92 Å². The Morgan fingerprint density at radius 2 is 2.00 bits per heavy atom. The summed E-state index contributed by atoms with van der Waals surface area (Å²) in [5, 5.41) is 0.602. The molecule has 0 aliphatic heterocycles. The maximum Gasteiger partial charge on any atom is 0.203 e. The lowest BCUT2D eigenvalue weighted by Crippen LogP contribution is -1.98. The fourth-order valence-corrected chi connectivity index (χ4v) is 3.34. The summed E-state index contributed by atoms with van der Waals surface area (Å²) in [4.78, 5) is 12.9. The Labute approximate surface area is 125 Å². The number of carbonyl (C=O) groups is 1. The maximum absolute atomic E-state index is 12.2. The van der Waals surface area contributed by atoms with E-state index in [1.54, 1.807) is 18.2 Å². The first-order valence-corrected chi connectivity index (χ1v) is 7.53. The van der Waals surface area contributed by atoms with E-state index in [9.17, 15) is 4.79 Å². The molecule has 0 aliphatic rings. The van der Waals surface area contributed by atoms with Crippen molar-refractivity contribution in [2.24, 2.45) is 0 Å². The Morgan fingerprint density at radius 3 is 2.53 bits per heavy atom. The highest BCUT2D eigenvalue weighted by atomic mass is 79.9. The molecule has 0 aliphatic carbocycles. The van der Waals surface area contributed by atoms with E-state index >= 15 is 0 Å². The Balaban J connectivity index is 2.40. The summed E-state index contributed by atoms with van der Waals surface area (Å²) in [6.07, 6.45) is 0. The lowest BCUT2D eigenvalue weighted by atomic mass is 10.1. The number of aryl methyl sites for hydroxylation is 1. The fraction of sp³-hybridized carbons (Fsp3) is 0.0833. The molecule has 1 aromatic carbocycles. The van der Waals surface area contributed by atoms with Crippen LogP contribution in [0.25, 0.3) is 0 Å². The van der Waals surface area contributed by atoms with Crippen molar-refractivity contribution < 1.29 is 4.79 Å². The molecular weight excluding hydrogens is 387 g/mol. The molecule has 5 heteroatoms. The highest BCUT2D eigenvalue weighted by molar-refractivity contribution is 9.11. The van der Waals surface area contributed by atoms with E-state index in [1.807, 2.05) is 13.0 Å². The van der Waals surface area contributed by atoms with Crippen LogP contribution in [-0.4, -0.2) is 5.78 Å². The van der Waals surface area contributed by atoms with Gasteiger partial charge in [0, 0.05) is 10.0 Å². The molecule has 2 rings (SSSR count). The Hall–Kier alpha value is -0.160. The van der Waals surface area contributed by atoms with Gasteiger partial charge in [0.1, 0.15) is 0 Å². The van der Waals surface area contributed by atoms with Gasteiger partial charge in [0.05, 0.1) is 13.7 Å². The Morgan fingerprint density at radius 1 is 1.29 bits per heavy atom. The summed E-state index contributed by atoms with van der Waals surface area (Å²) < 4.78 is 1.73. The van der Waals surface area contributed by atoms with E-state index in [2.05, 4.69) is 31.9 Å². The van der Waals surface area contributed by atoms with Gasteiger partial charge in [0.25, 0.3) is 0 Å². The van der Waals surface area contributed by atoms with Crippen molar-refractivity contribution in [1.29, 1.82) is 0 Å². The number of thiophene rings is 1. The summed E-state index contributed by atoms with van der Waals surface area (Å²) in [7, 11) is 0. The third-order valence-electron chi connectivity index (χ3n) is 2.26. The first-order chi connectivity index (χ1) is 7.99. The van der Waals surface area contributed by atoms with Crippen LogP contribution in [0.5, 0.6) is 0 Å². The minimum absolute atomic E-state index is 0.0150. The molecule has 0 saturated carbocycles. The topological polar surface area (TPSA) is 17.1 Å². The first kappa shape index (κ1) is 13.3. The van der Waals surface area contributed by atoms with E-state index in [0.29, 0.717) is 10.6 Å². The van der Waals surface area contributed by atoms with Gasteiger partial charge >= 0.3 is 0 Å². The van der Waals surface area contributed by atoms with Gasteiger partial charge in [-0.3, -0.25) is 4.79 Å². The average Bonchev–Trinajstić information content (AvgIpc) is 2.62. The van der Waals surface area contributed by atoms with E-state index in [1.165, 1.54) is 11.3 Å². The molecule has 0 atom stereocenters. The van der Waals surface area contributed by atoms with E-state index in [-0.39, 0.29) is 5.78 Å². The van der Waals surface area contributed by atoms with Crippen molar-refractivity contribution >= 4 is 60.6 Å². The standard InChI is InChI=1S/C12H7Br2ClOS/c1-6-4-10(17-12(6)14)11(16)7-2-3-9(15)8(13)5-7/h2-5H,1H3. The van der Waals surface area contributed by atoms with Gasteiger partial charge in [0.15, 0.2) is 0 Å². The molecular formula is C12H7Br2ClOS. The van der Waals surface area contributed by atoms with Crippen LogP contribution in [0.15, 0.2) is 32.5 Å². The maximum atomic E-state index is 12.2. The molecule has 0 bridgehead atoms. The predicted molar refractivity (Wildman–Crippen MR) is 79.3 cm³/mol. The molecule has 0 N–H and O–H groups in total. The van der Waals surface area contributed by atoms with E-state index < -0.39 is 0 Å². The number of hydrogen-bond donors (Lipinski definition) is 0. The third-order valence-corrected chi connectivity index (χ3v) is 5.61. The van der Waals surface area contributed by atoms with Crippen LogP contribution >= 0.6 is 54.8 Å². The monoisotopic (exact) mass is 392 g/mol. The molecule has 0 radical (unpaired) electrons. The van der Waals surface area contributed by atoms with Crippen LogP contribution in [0.1, 0.15) is 20.8 Å². The molecule has 0 amide bonds. The van der Waals surface area contributed by atoms with Crippen LogP contribution in [0, 0.1) is 6.92 Å². The number of benzene rings is 1. The molecule has 17 heavy (non-hydrogen) atoms. The molecule has 1 nitrogen and oxygen atoms in total. The summed E-state index contributed by atoms with van der Waals surface area (Å²) in [6.45, 7) is 1.97. The van der Waals surface area contributed by atoms with Crippen molar-refractivity contribution in [3.05, 3.63) is 53.6 Å². The van der Waals surface area contributed by atoms with Gasteiger partial charge in [-0.25, -0.2) is 0 Å². The van der Waals surface area contributed by atoms with Gasteiger partial charge in [-0.2, -0.15) is 0 Å². The summed E-state index contributed by atoms with van der Waals surface area (Å²) in [5.74, 6) is 0.0150. The third kappa shape index (κ3) is 2.81. The number of halogens is 3. The smallest absolute Gasteiger partial charge is 0.203 e. The van der Waals surface area contributed by atoms with Crippen LogP contribution in [0.2, 0.25) is 5.02 Å². The first-order valence-electron chi connectivity index (χ1n) is 4.74. The molecule has 1 heterocycles. The quantitative estimate of drug-likeness (QED) is 0.618. The van der Waals surface area contributed by atoms with E-state index in [0.717, 1.165) is 18.7 Å². The molecule has 88 valence electrons. The second kappa shape index (κ2) is 5.22. The largest absolute Gasteiger partial charge is 0.288 e. The summed E-state index contributed by atoms with van der Waals surface area (Å²) in [5.41, 5.74) is 1.71. The van der Waals surface area contributed by atoms with Crippen LogP contribution in [0.3, 0.4) is 0 Å². The zero-order valence-electron chi connectivity index (χ0n) is 8.76. The molecule has 0 fully saturated rings. The Bertz CT molecular complexity index is 573. The molecule has 0 unspecified atom stereocenters. The number of rotatable bonds is 2. The van der Waals surface area contributed by atoms with Gasteiger partial charge in [-0.05, 0) is 68.6 Å². The normalized spacial score (nSPS) is 10.6. The predicted octanol–water partition coefficient (Wildman–Crippen LogP) is 5.47. The molecule has 0 saturated heterocycles. The van der Waals surface area contributed by atoms with Crippen LogP contribution in [-0.2, 0) is 0 Å².